The molecule has 1 heterocycles. The highest BCUT2D eigenvalue weighted by molar-refractivity contribution is 5.96. The quantitative estimate of drug-likeness (QED) is 0.0488. The average molecular weight is 951 g/mol. The van der Waals surface area contributed by atoms with Gasteiger partial charge in [0.25, 0.3) is 0 Å². The minimum atomic E-state index is -1.04. The SMILES string of the molecule is COC(=O)[C@@H](NC(=O)[C@@H](NC(=O)[C@H](CC(C)C)NC(=O)CCCCNC(=O)[C@H]1CCCN1C(=O)[C@@H](NC(=O)[C@@H](NC(=O)[C@H](CC(C)C)NC(=O)OC(C)(C)C)C(C)C)C(C)C)C(C)C)C(C)C. The number of hydrogen-bond acceptors (Lipinski definition) is 11. The van der Waals surface area contributed by atoms with Crippen LogP contribution in [0.3, 0.4) is 0 Å². The van der Waals surface area contributed by atoms with Gasteiger partial charge in [0.05, 0.1) is 7.11 Å². The summed E-state index contributed by atoms with van der Waals surface area (Å²) in [6.07, 6.45) is 1.75. The Kier molecular flexibility index (Phi) is 25.4. The van der Waals surface area contributed by atoms with E-state index in [0.717, 1.165) is 0 Å². The molecule has 67 heavy (non-hydrogen) atoms. The van der Waals surface area contributed by atoms with Crippen LogP contribution in [0.5, 0.6) is 0 Å². The molecule has 0 aliphatic carbocycles. The van der Waals surface area contributed by atoms with Crippen LogP contribution in [-0.2, 0) is 47.8 Å². The highest BCUT2D eigenvalue weighted by Gasteiger charge is 2.40. The number of nitrogens with zero attached hydrogens (tertiary/aromatic N) is 1. The van der Waals surface area contributed by atoms with Gasteiger partial charge in [-0.2, -0.15) is 0 Å². The lowest BCUT2D eigenvalue weighted by Gasteiger charge is -2.32. The summed E-state index contributed by atoms with van der Waals surface area (Å²) >= 11 is 0. The maximum absolute atomic E-state index is 14.1. The topological polar surface area (TPSA) is 260 Å². The molecule has 7 atom stereocenters. The Labute approximate surface area is 399 Å². The first-order chi connectivity index (χ1) is 31.0. The van der Waals surface area contributed by atoms with E-state index in [2.05, 4.69) is 37.2 Å². The van der Waals surface area contributed by atoms with E-state index in [0.29, 0.717) is 45.1 Å². The summed E-state index contributed by atoms with van der Waals surface area (Å²) in [4.78, 5) is 121. The number of esters is 1. The van der Waals surface area contributed by atoms with E-state index in [4.69, 9.17) is 9.47 Å². The molecule has 0 aromatic rings. The molecule has 8 amide bonds. The first-order valence-electron chi connectivity index (χ1n) is 24.2. The van der Waals surface area contributed by atoms with Gasteiger partial charge < -0.3 is 51.6 Å². The van der Waals surface area contributed by atoms with Crippen molar-refractivity contribution in [2.45, 2.75) is 197 Å². The summed E-state index contributed by atoms with van der Waals surface area (Å²) in [5.41, 5.74) is -0.782. The highest BCUT2D eigenvalue weighted by atomic mass is 16.6. The zero-order valence-corrected chi connectivity index (χ0v) is 43.3. The molecule has 0 radical (unpaired) electrons. The molecule has 19 nitrogen and oxygen atoms in total. The van der Waals surface area contributed by atoms with Gasteiger partial charge in [-0.3, -0.25) is 33.6 Å². The van der Waals surface area contributed by atoms with E-state index in [1.165, 1.54) is 12.0 Å². The molecule has 0 saturated carbocycles. The van der Waals surface area contributed by atoms with Crippen LogP contribution in [0.25, 0.3) is 0 Å². The van der Waals surface area contributed by atoms with Crippen molar-refractivity contribution in [1.82, 2.24) is 42.1 Å². The summed E-state index contributed by atoms with van der Waals surface area (Å²) < 4.78 is 10.2. The van der Waals surface area contributed by atoms with Gasteiger partial charge in [0.15, 0.2) is 0 Å². The molecule has 1 aliphatic heterocycles. The number of carbonyl (C=O) groups is 9. The molecule has 1 saturated heterocycles. The molecule has 1 fully saturated rings. The Morgan fingerprint density at radius 2 is 1.03 bits per heavy atom. The number of likely N-dealkylation sites (tertiary alicyclic amines) is 1. The third-order valence-corrected chi connectivity index (χ3v) is 11.2. The van der Waals surface area contributed by atoms with Crippen molar-refractivity contribution in [2.75, 3.05) is 20.2 Å². The molecular weight excluding hydrogens is 865 g/mol. The Morgan fingerprint density at radius 1 is 0.582 bits per heavy atom. The Hall–Kier alpha value is -4.97. The molecule has 1 aliphatic rings. The van der Waals surface area contributed by atoms with Gasteiger partial charge in [0.2, 0.25) is 41.4 Å². The van der Waals surface area contributed by atoms with Crippen molar-refractivity contribution >= 4 is 53.4 Å². The number of carbonyl (C=O) groups excluding carboxylic acids is 9. The number of alkyl carbamates (subject to hydrolysis) is 1. The molecular formula is C48H86N8O11. The molecule has 384 valence electrons. The van der Waals surface area contributed by atoms with Crippen LogP contribution in [0.1, 0.15) is 149 Å². The maximum Gasteiger partial charge on any atom is 0.408 e. The third kappa shape index (κ3) is 21.3. The fourth-order valence-corrected chi connectivity index (χ4v) is 7.55. The third-order valence-electron chi connectivity index (χ3n) is 11.2. The first-order valence-corrected chi connectivity index (χ1v) is 24.2. The number of hydrogen-bond donors (Lipinski definition) is 7. The van der Waals surface area contributed by atoms with Crippen LogP contribution < -0.4 is 37.2 Å². The molecule has 1 rings (SSSR count). The molecule has 0 bridgehead atoms. The van der Waals surface area contributed by atoms with Gasteiger partial charge in [0.1, 0.15) is 47.9 Å². The smallest absolute Gasteiger partial charge is 0.408 e. The van der Waals surface area contributed by atoms with Crippen LogP contribution in [0, 0.1) is 35.5 Å². The molecule has 0 spiro atoms. The zero-order chi connectivity index (χ0) is 51.5. The van der Waals surface area contributed by atoms with E-state index in [1.807, 2.05) is 27.7 Å². The summed E-state index contributed by atoms with van der Waals surface area (Å²) in [7, 11) is 1.24. The zero-order valence-electron chi connectivity index (χ0n) is 43.3. The second-order valence-electron chi connectivity index (χ2n) is 21.0. The second kappa shape index (κ2) is 28.4. The van der Waals surface area contributed by atoms with Crippen LogP contribution in [0.4, 0.5) is 4.79 Å². The van der Waals surface area contributed by atoms with Crippen molar-refractivity contribution in [1.29, 1.82) is 0 Å². The Bertz CT molecular complexity index is 1680. The molecule has 0 aromatic heterocycles. The van der Waals surface area contributed by atoms with Gasteiger partial charge in [-0.25, -0.2) is 9.59 Å². The summed E-state index contributed by atoms with van der Waals surface area (Å²) in [6.45, 7) is 27.5. The maximum atomic E-state index is 14.1. The fraction of sp³-hybridized carbons (Fsp3) is 0.812. The number of rotatable bonds is 26. The van der Waals surface area contributed by atoms with Gasteiger partial charge >= 0.3 is 12.1 Å². The van der Waals surface area contributed by atoms with Crippen LogP contribution in [-0.4, -0.2) is 126 Å². The molecule has 7 N–H and O–H groups in total. The van der Waals surface area contributed by atoms with Crippen molar-refractivity contribution in [3.63, 3.8) is 0 Å². The van der Waals surface area contributed by atoms with Crippen LogP contribution in [0.15, 0.2) is 0 Å². The van der Waals surface area contributed by atoms with Gasteiger partial charge in [-0.05, 0) is 94.8 Å². The van der Waals surface area contributed by atoms with Crippen LogP contribution in [0.2, 0.25) is 0 Å². The van der Waals surface area contributed by atoms with Crippen molar-refractivity contribution < 1.29 is 52.6 Å². The molecule has 19 heteroatoms. The van der Waals surface area contributed by atoms with E-state index in [9.17, 15) is 43.2 Å². The van der Waals surface area contributed by atoms with Crippen LogP contribution >= 0.6 is 0 Å². The minimum absolute atomic E-state index is 0.0283. The average Bonchev–Trinajstić information content (AvgIpc) is 3.70. The van der Waals surface area contributed by atoms with Crippen molar-refractivity contribution in [3.05, 3.63) is 0 Å². The second-order valence-corrected chi connectivity index (χ2v) is 21.0. The van der Waals surface area contributed by atoms with Crippen molar-refractivity contribution in [2.24, 2.45) is 35.5 Å². The van der Waals surface area contributed by atoms with E-state index in [1.54, 1.807) is 76.2 Å². The Morgan fingerprint density at radius 3 is 1.46 bits per heavy atom. The number of amides is 8. The van der Waals surface area contributed by atoms with E-state index in [-0.39, 0.29) is 60.3 Å². The van der Waals surface area contributed by atoms with Crippen molar-refractivity contribution in [3.8, 4) is 0 Å². The molecule has 0 unspecified atom stereocenters. The largest absolute Gasteiger partial charge is 0.467 e. The standard InChI is InChI=1S/C48H86N8O11/c1-26(2)24-32(40(58)52-37(29(7)8)44(62)55-39(31(11)12)46(64)66-16)50-35(57)21-17-18-22-49-42(60)34-20-19-23-56(34)45(63)38(30(9)10)54-43(61)36(28(5)6)53-41(59)33(25-27(3)4)51-47(65)67-48(13,14)15/h26-34,36-39H,17-25H2,1-16H3,(H,49,60)(H,50,57)(H,51,65)(H,52,58)(H,53,59)(H,54,61)(H,55,62)/t32-,33-,34+,36-,37-,38-,39-/m0/s1. The van der Waals surface area contributed by atoms with Gasteiger partial charge in [-0.1, -0.05) is 83.1 Å². The predicted octanol–water partition coefficient (Wildman–Crippen LogP) is 3.47. The predicted molar refractivity (Wildman–Crippen MR) is 255 cm³/mol. The normalized spacial score (nSPS) is 16.7. The fourth-order valence-electron chi connectivity index (χ4n) is 7.55. The monoisotopic (exact) mass is 951 g/mol. The summed E-state index contributed by atoms with van der Waals surface area (Å²) in [5, 5.41) is 19.4. The van der Waals surface area contributed by atoms with Gasteiger partial charge in [0, 0.05) is 19.5 Å². The summed E-state index contributed by atoms with van der Waals surface area (Å²) in [5.74, 6) is -5.21. The number of unbranched alkanes of at least 4 members (excludes halogenated alkanes) is 1. The highest BCUT2D eigenvalue weighted by Crippen LogP contribution is 2.21. The van der Waals surface area contributed by atoms with Gasteiger partial charge in [-0.15, -0.1) is 0 Å². The lowest BCUT2D eigenvalue weighted by Crippen LogP contribution is -2.60. The summed E-state index contributed by atoms with van der Waals surface area (Å²) in [6, 6.07) is -6.57. The number of nitrogens with one attached hydrogen (secondary N) is 7. The lowest BCUT2D eigenvalue weighted by molar-refractivity contribution is -0.147. The van der Waals surface area contributed by atoms with E-state index >= 15 is 0 Å². The first kappa shape index (κ1) is 60.0. The Balaban J connectivity index is 2.91. The minimum Gasteiger partial charge on any atom is -0.467 e. The number of methoxy groups -OCH3 is 1. The number of ether oxygens (including phenoxy) is 2. The van der Waals surface area contributed by atoms with E-state index < -0.39 is 89.5 Å². The molecule has 0 aromatic carbocycles. The lowest BCUT2D eigenvalue weighted by atomic mass is 9.98.